The van der Waals surface area contributed by atoms with E-state index in [2.05, 4.69) is 20.5 Å². The lowest BCUT2D eigenvalue weighted by atomic mass is 9.96. The van der Waals surface area contributed by atoms with Gasteiger partial charge in [0, 0.05) is 24.5 Å². The van der Waals surface area contributed by atoms with Crippen LogP contribution in [0.25, 0.3) is 0 Å². The number of H-pyrrole nitrogens is 2. The third kappa shape index (κ3) is 4.48. The predicted molar refractivity (Wildman–Crippen MR) is 90.6 cm³/mol. The first kappa shape index (κ1) is 17.2. The standard InChI is InChI=1S/C16H18ClN5O3/c17-12-4-1-10(2-5-12)8-22-9-11(3-6-14(22)23)15(24)18-7-13-19-16(25)21-20-13/h1-2,4-5,11H,3,6-9H2,(H,18,24)(H2,19,20,21,25). The number of hydrogen-bond donors (Lipinski definition) is 3. The molecule has 9 heteroatoms. The number of amides is 2. The second kappa shape index (κ2) is 7.52. The van der Waals surface area contributed by atoms with E-state index in [1.807, 2.05) is 12.1 Å². The largest absolute Gasteiger partial charge is 0.349 e. The molecule has 2 heterocycles. The Bertz CT molecular complexity index is 814. The highest BCUT2D eigenvalue weighted by molar-refractivity contribution is 6.30. The molecule has 2 amide bonds. The molecule has 0 bridgehead atoms. The molecule has 1 aliphatic heterocycles. The molecule has 132 valence electrons. The van der Waals surface area contributed by atoms with Crippen molar-refractivity contribution in [3.8, 4) is 0 Å². The van der Waals surface area contributed by atoms with Crippen molar-refractivity contribution in [2.24, 2.45) is 5.92 Å². The topological polar surface area (TPSA) is 111 Å². The first-order valence-electron chi connectivity index (χ1n) is 7.95. The number of benzene rings is 1. The number of piperidine rings is 1. The molecule has 1 aromatic heterocycles. The molecule has 1 aliphatic rings. The average molecular weight is 364 g/mol. The predicted octanol–water partition coefficient (Wildman–Crippen LogP) is 0.806. The van der Waals surface area contributed by atoms with E-state index in [0.717, 1.165) is 5.56 Å². The zero-order valence-electron chi connectivity index (χ0n) is 13.4. The minimum atomic E-state index is -0.415. The van der Waals surface area contributed by atoms with E-state index in [0.29, 0.717) is 36.8 Å². The molecule has 1 unspecified atom stereocenters. The zero-order valence-corrected chi connectivity index (χ0v) is 14.2. The van der Waals surface area contributed by atoms with Crippen molar-refractivity contribution in [3.05, 3.63) is 51.2 Å². The van der Waals surface area contributed by atoms with E-state index >= 15 is 0 Å². The Morgan fingerprint density at radius 1 is 1.32 bits per heavy atom. The third-order valence-corrected chi connectivity index (χ3v) is 4.39. The van der Waals surface area contributed by atoms with Crippen LogP contribution in [0.3, 0.4) is 0 Å². The van der Waals surface area contributed by atoms with Gasteiger partial charge in [0.25, 0.3) is 0 Å². The minimum absolute atomic E-state index is 0.0376. The fraction of sp³-hybridized carbons (Fsp3) is 0.375. The quantitative estimate of drug-likeness (QED) is 0.729. The number of hydrogen-bond acceptors (Lipinski definition) is 4. The summed E-state index contributed by atoms with van der Waals surface area (Å²) in [4.78, 5) is 39.6. The maximum absolute atomic E-state index is 12.3. The van der Waals surface area contributed by atoms with Gasteiger partial charge < -0.3 is 10.2 Å². The first-order valence-corrected chi connectivity index (χ1v) is 8.32. The number of halogens is 1. The summed E-state index contributed by atoms with van der Waals surface area (Å²) in [6, 6.07) is 7.29. The Labute approximate surface area is 148 Å². The van der Waals surface area contributed by atoms with Gasteiger partial charge in [-0.25, -0.2) is 9.89 Å². The van der Waals surface area contributed by atoms with Crippen molar-refractivity contribution in [1.29, 1.82) is 0 Å². The molecule has 1 fully saturated rings. The third-order valence-electron chi connectivity index (χ3n) is 4.14. The van der Waals surface area contributed by atoms with Crippen molar-refractivity contribution in [3.63, 3.8) is 0 Å². The van der Waals surface area contributed by atoms with Gasteiger partial charge in [-0.2, -0.15) is 5.10 Å². The van der Waals surface area contributed by atoms with Crippen molar-refractivity contribution in [2.45, 2.75) is 25.9 Å². The van der Waals surface area contributed by atoms with Crippen LogP contribution in [-0.2, 0) is 22.7 Å². The molecular weight excluding hydrogens is 346 g/mol. The van der Waals surface area contributed by atoms with E-state index in [1.54, 1.807) is 17.0 Å². The zero-order chi connectivity index (χ0) is 17.8. The van der Waals surface area contributed by atoms with Crippen LogP contribution in [0.5, 0.6) is 0 Å². The summed E-state index contributed by atoms with van der Waals surface area (Å²) in [5.74, 6) is -0.0352. The van der Waals surface area contributed by atoms with Crippen LogP contribution in [0.1, 0.15) is 24.2 Å². The maximum atomic E-state index is 12.3. The van der Waals surface area contributed by atoms with Crippen LogP contribution >= 0.6 is 11.6 Å². The number of carbonyl (C=O) groups excluding carboxylic acids is 2. The Kier molecular flexibility index (Phi) is 5.18. The fourth-order valence-corrected chi connectivity index (χ4v) is 2.92. The van der Waals surface area contributed by atoms with Gasteiger partial charge in [0.15, 0.2) is 0 Å². The molecular formula is C16H18ClN5O3. The molecule has 0 radical (unpaired) electrons. The minimum Gasteiger partial charge on any atom is -0.349 e. The van der Waals surface area contributed by atoms with Crippen molar-refractivity contribution in [1.82, 2.24) is 25.4 Å². The number of aromatic amines is 2. The molecule has 1 saturated heterocycles. The molecule has 3 N–H and O–H groups in total. The van der Waals surface area contributed by atoms with Crippen LogP contribution < -0.4 is 11.0 Å². The van der Waals surface area contributed by atoms with Crippen LogP contribution in [0.4, 0.5) is 0 Å². The van der Waals surface area contributed by atoms with Crippen molar-refractivity contribution in [2.75, 3.05) is 6.54 Å². The fourth-order valence-electron chi connectivity index (χ4n) is 2.80. The molecule has 25 heavy (non-hydrogen) atoms. The number of aromatic nitrogens is 3. The van der Waals surface area contributed by atoms with Crippen molar-refractivity contribution < 1.29 is 9.59 Å². The Morgan fingerprint density at radius 3 is 2.76 bits per heavy atom. The molecule has 3 rings (SSSR count). The monoisotopic (exact) mass is 363 g/mol. The highest BCUT2D eigenvalue weighted by atomic mass is 35.5. The van der Waals surface area contributed by atoms with Crippen molar-refractivity contribution >= 4 is 23.4 Å². The SMILES string of the molecule is O=C(NCc1n[nH]c(=O)[nH]1)C1CCC(=O)N(Cc2ccc(Cl)cc2)C1. The lowest BCUT2D eigenvalue weighted by molar-refractivity contribution is -0.139. The second-order valence-corrected chi connectivity index (χ2v) is 6.41. The summed E-state index contributed by atoms with van der Waals surface area (Å²) in [6.07, 6.45) is 0.851. The molecule has 0 spiro atoms. The van der Waals surface area contributed by atoms with Gasteiger partial charge >= 0.3 is 5.69 Å². The highest BCUT2D eigenvalue weighted by Gasteiger charge is 2.30. The number of rotatable bonds is 5. The molecule has 0 saturated carbocycles. The summed E-state index contributed by atoms with van der Waals surface area (Å²) < 4.78 is 0. The van der Waals surface area contributed by atoms with Gasteiger partial charge in [0.2, 0.25) is 11.8 Å². The summed E-state index contributed by atoms with van der Waals surface area (Å²) in [7, 11) is 0. The van der Waals surface area contributed by atoms with E-state index in [9.17, 15) is 14.4 Å². The van der Waals surface area contributed by atoms with Gasteiger partial charge in [0.1, 0.15) is 5.82 Å². The molecule has 8 nitrogen and oxygen atoms in total. The van der Waals surface area contributed by atoms with Crippen LogP contribution in [0.15, 0.2) is 29.1 Å². The normalized spacial score (nSPS) is 17.6. The van der Waals surface area contributed by atoms with E-state index in [4.69, 9.17) is 11.6 Å². The summed E-state index contributed by atoms with van der Waals surface area (Å²) in [6.45, 7) is 0.954. The number of nitrogens with one attached hydrogen (secondary N) is 3. The molecule has 2 aromatic rings. The molecule has 0 aliphatic carbocycles. The lowest BCUT2D eigenvalue weighted by Crippen LogP contribution is -2.45. The number of nitrogens with zero attached hydrogens (tertiary/aromatic N) is 2. The Morgan fingerprint density at radius 2 is 2.08 bits per heavy atom. The number of carbonyl (C=O) groups is 2. The van der Waals surface area contributed by atoms with Gasteiger partial charge in [0.05, 0.1) is 12.5 Å². The lowest BCUT2D eigenvalue weighted by Gasteiger charge is -2.32. The van der Waals surface area contributed by atoms with Crippen LogP contribution in [0.2, 0.25) is 5.02 Å². The van der Waals surface area contributed by atoms with Gasteiger partial charge in [-0.05, 0) is 24.1 Å². The maximum Gasteiger partial charge on any atom is 0.340 e. The molecule has 1 atom stereocenters. The smallest absolute Gasteiger partial charge is 0.340 e. The first-order chi connectivity index (χ1) is 12.0. The van der Waals surface area contributed by atoms with Gasteiger partial charge in [-0.1, -0.05) is 23.7 Å². The van der Waals surface area contributed by atoms with Crippen LogP contribution in [0, 0.1) is 5.92 Å². The van der Waals surface area contributed by atoms with Gasteiger partial charge in [-0.3, -0.25) is 14.6 Å². The van der Waals surface area contributed by atoms with Gasteiger partial charge in [-0.15, -0.1) is 0 Å². The summed E-state index contributed by atoms with van der Waals surface area (Å²) in [5.41, 5.74) is 0.551. The number of likely N-dealkylation sites (tertiary alicyclic amines) is 1. The summed E-state index contributed by atoms with van der Waals surface area (Å²) >= 11 is 5.87. The molecule has 1 aromatic carbocycles. The van der Waals surface area contributed by atoms with E-state index in [1.165, 1.54) is 0 Å². The van der Waals surface area contributed by atoms with E-state index < -0.39 is 5.69 Å². The Hall–Kier alpha value is -2.61. The Balaban J connectivity index is 1.57. The van der Waals surface area contributed by atoms with Crippen LogP contribution in [-0.4, -0.2) is 38.4 Å². The second-order valence-electron chi connectivity index (χ2n) is 5.98. The summed E-state index contributed by atoms with van der Waals surface area (Å²) in [5, 5.41) is 9.36. The van der Waals surface area contributed by atoms with E-state index in [-0.39, 0.29) is 24.3 Å². The average Bonchev–Trinajstić information content (AvgIpc) is 3.02. The highest BCUT2D eigenvalue weighted by Crippen LogP contribution is 2.20.